The number of nitrogens with zero attached hydrogens (tertiary/aromatic N) is 1. The quantitative estimate of drug-likeness (QED) is 0.741. The van der Waals surface area contributed by atoms with Gasteiger partial charge in [-0.1, -0.05) is 20.8 Å². The van der Waals surface area contributed by atoms with Gasteiger partial charge in [-0.15, -0.1) is 0 Å². The molecule has 1 aliphatic carbocycles. The number of likely N-dealkylation sites (tertiary alicyclic amines) is 1. The molecule has 2 rings (SSSR count). The average Bonchev–Trinajstić information content (AvgIpc) is 2.93. The summed E-state index contributed by atoms with van der Waals surface area (Å²) in [6.45, 7) is 15.1. The third kappa shape index (κ3) is 3.55. The maximum Gasteiger partial charge on any atom is 0.0658 e. The summed E-state index contributed by atoms with van der Waals surface area (Å²) in [5.74, 6) is 0.750. The molecule has 1 saturated heterocycles. The van der Waals surface area contributed by atoms with Crippen molar-refractivity contribution in [3.8, 4) is 0 Å². The lowest BCUT2D eigenvalue weighted by atomic mass is 9.61. The van der Waals surface area contributed by atoms with Gasteiger partial charge in [-0.05, 0) is 58.2 Å². The third-order valence-corrected chi connectivity index (χ3v) is 5.59. The highest BCUT2D eigenvalue weighted by Gasteiger charge is 2.50. The van der Waals surface area contributed by atoms with Crippen LogP contribution in [0.3, 0.4) is 0 Å². The second kappa shape index (κ2) is 7.24. The molecule has 4 atom stereocenters. The van der Waals surface area contributed by atoms with Gasteiger partial charge in [0.05, 0.1) is 6.10 Å². The van der Waals surface area contributed by atoms with Gasteiger partial charge in [0.2, 0.25) is 0 Å². The zero-order chi connectivity index (χ0) is 14.6. The van der Waals surface area contributed by atoms with Gasteiger partial charge in [0.25, 0.3) is 0 Å². The van der Waals surface area contributed by atoms with E-state index in [1.165, 1.54) is 45.3 Å². The predicted octanol–water partition coefficient (Wildman–Crippen LogP) is 2.90. The smallest absolute Gasteiger partial charge is 0.0658 e. The minimum atomic E-state index is 0.337. The van der Waals surface area contributed by atoms with E-state index < -0.39 is 0 Å². The van der Waals surface area contributed by atoms with Crippen LogP contribution in [-0.4, -0.2) is 49.8 Å². The molecule has 0 aromatic rings. The molecule has 1 saturated carbocycles. The van der Waals surface area contributed by atoms with Gasteiger partial charge in [0.1, 0.15) is 0 Å². The fourth-order valence-corrected chi connectivity index (χ4v) is 3.88. The Morgan fingerprint density at radius 3 is 2.60 bits per heavy atom. The molecule has 0 bridgehead atoms. The molecule has 20 heavy (non-hydrogen) atoms. The van der Waals surface area contributed by atoms with E-state index >= 15 is 0 Å². The van der Waals surface area contributed by atoms with Gasteiger partial charge in [-0.2, -0.15) is 0 Å². The van der Waals surface area contributed by atoms with Gasteiger partial charge >= 0.3 is 0 Å². The van der Waals surface area contributed by atoms with Crippen LogP contribution in [0.25, 0.3) is 0 Å². The van der Waals surface area contributed by atoms with E-state index in [4.69, 9.17) is 4.74 Å². The zero-order valence-electron chi connectivity index (χ0n) is 14.0. The predicted molar refractivity (Wildman–Crippen MR) is 85.1 cm³/mol. The summed E-state index contributed by atoms with van der Waals surface area (Å²) in [7, 11) is 0. The number of rotatable bonds is 8. The van der Waals surface area contributed by atoms with E-state index in [0.29, 0.717) is 17.6 Å². The number of nitrogens with one attached hydrogen (secondary N) is 1. The fraction of sp³-hybridized carbons (Fsp3) is 1.00. The Balaban J connectivity index is 1.70. The van der Waals surface area contributed by atoms with Gasteiger partial charge < -0.3 is 15.0 Å². The largest absolute Gasteiger partial charge is 0.378 e. The van der Waals surface area contributed by atoms with E-state index in [-0.39, 0.29) is 0 Å². The molecular weight excluding hydrogens is 248 g/mol. The fourth-order valence-electron chi connectivity index (χ4n) is 3.88. The van der Waals surface area contributed by atoms with E-state index in [1.807, 2.05) is 0 Å². The molecule has 0 aromatic carbocycles. The third-order valence-electron chi connectivity index (χ3n) is 5.59. The molecular formula is C17H34N2O. The summed E-state index contributed by atoms with van der Waals surface area (Å²) in [4.78, 5) is 2.62. The van der Waals surface area contributed by atoms with Crippen molar-refractivity contribution >= 4 is 0 Å². The molecule has 3 nitrogen and oxygen atoms in total. The van der Waals surface area contributed by atoms with Crippen molar-refractivity contribution in [2.24, 2.45) is 11.3 Å². The molecule has 0 aromatic heterocycles. The molecule has 0 amide bonds. The SMILES string of the molecule is CCOC1CC(NCC(C)CN2CCCC2)C1(C)CC. The summed E-state index contributed by atoms with van der Waals surface area (Å²) in [6.07, 6.45) is 5.65. The van der Waals surface area contributed by atoms with Crippen LogP contribution in [0, 0.1) is 11.3 Å². The number of hydrogen-bond donors (Lipinski definition) is 1. The highest BCUT2D eigenvalue weighted by molar-refractivity contribution is 5.04. The molecule has 2 fully saturated rings. The summed E-state index contributed by atoms with van der Waals surface area (Å²) < 4.78 is 5.88. The van der Waals surface area contributed by atoms with E-state index in [2.05, 4.69) is 37.9 Å². The van der Waals surface area contributed by atoms with E-state index in [9.17, 15) is 0 Å². The van der Waals surface area contributed by atoms with Crippen molar-refractivity contribution in [3.63, 3.8) is 0 Å². The Morgan fingerprint density at radius 2 is 2.00 bits per heavy atom. The molecule has 1 heterocycles. The van der Waals surface area contributed by atoms with Crippen LogP contribution < -0.4 is 5.32 Å². The van der Waals surface area contributed by atoms with Crippen molar-refractivity contribution in [1.82, 2.24) is 10.2 Å². The van der Waals surface area contributed by atoms with Crippen LogP contribution in [0.1, 0.15) is 53.4 Å². The maximum atomic E-state index is 5.88. The van der Waals surface area contributed by atoms with Crippen LogP contribution in [0.5, 0.6) is 0 Å². The van der Waals surface area contributed by atoms with Crippen molar-refractivity contribution in [3.05, 3.63) is 0 Å². The molecule has 1 aliphatic heterocycles. The molecule has 4 unspecified atom stereocenters. The molecule has 0 spiro atoms. The van der Waals surface area contributed by atoms with Crippen LogP contribution in [0.2, 0.25) is 0 Å². The Hall–Kier alpha value is -0.120. The molecule has 2 aliphatic rings. The zero-order valence-corrected chi connectivity index (χ0v) is 14.0. The van der Waals surface area contributed by atoms with Crippen molar-refractivity contribution < 1.29 is 4.74 Å². The first kappa shape index (κ1) is 16.3. The van der Waals surface area contributed by atoms with E-state index in [0.717, 1.165) is 19.1 Å². The normalized spacial score (nSPS) is 36.0. The second-order valence-corrected chi connectivity index (χ2v) is 7.11. The molecule has 118 valence electrons. The topological polar surface area (TPSA) is 24.5 Å². The van der Waals surface area contributed by atoms with Crippen molar-refractivity contribution in [1.29, 1.82) is 0 Å². The first-order valence-corrected chi connectivity index (χ1v) is 8.67. The van der Waals surface area contributed by atoms with Crippen molar-refractivity contribution in [2.75, 3.05) is 32.8 Å². The van der Waals surface area contributed by atoms with Gasteiger partial charge in [0.15, 0.2) is 0 Å². The first-order valence-electron chi connectivity index (χ1n) is 8.67. The molecule has 3 heteroatoms. The van der Waals surface area contributed by atoms with Crippen LogP contribution >= 0.6 is 0 Å². The number of ether oxygens (including phenoxy) is 1. The summed E-state index contributed by atoms with van der Waals surface area (Å²) >= 11 is 0. The van der Waals surface area contributed by atoms with Crippen LogP contribution in [0.15, 0.2) is 0 Å². The van der Waals surface area contributed by atoms with Gasteiger partial charge in [-0.3, -0.25) is 0 Å². The lowest BCUT2D eigenvalue weighted by Crippen LogP contribution is -2.62. The van der Waals surface area contributed by atoms with Crippen molar-refractivity contribution in [2.45, 2.75) is 65.5 Å². The monoisotopic (exact) mass is 282 g/mol. The second-order valence-electron chi connectivity index (χ2n) is 7.11. The average molecular weight is 282 g/mol. The highest BCUT2D eigenvalue weighted by atomic mass is 16.5. The van der Waals surface area contributed by atoms with Crippen LogP contribution in [0.4, 0.5) is 0 Å². The maximum absolute atomic E-state index is 5.88. The Labute approximate surface area is 125 Å². The summed E-state index contributed by atoms with van der Waals surface area (Å²) in [5, 5.41) is 3.82. The summed E-state index contributed by atoms with van der Waals surface area (Å²) in [5.41, 5.74) is 0.337. The Kier molecular flexibility index (Phi) is 5.88. The summed E-state index contributed by atoms with van der Waals surface area (Å²) in [6, 6.07) is 0.644. The first-order chi connectivity index (χ1) is 9.60. The minimum absolute atomic E-state index is 0.337. The van der Waals surface area contributed by atoms with E-state index in [1.54, 1.807) is 0 Å². The highest BCUT2D eigenvalue weighted by Crippen LogP contribution is 2.45. The lowest BCUT2D eigenvalue weighted by molar-refractivity contribution is -0.126. The van der Waals surface area contributed by atoms with Gasteiger partial charge in [0, 0.05) is 24.6 Å². The number of hydrogen-bond acceptors (Lipinski definition) is 3. The minimum Gasteiger partial charge on any atom is -0.378 e. The standard InChI is InChI=1S/C17H34N2O/c1-5-17(4)15(11-16(17)20-6-2)18-12-14(3)13-19-9-7-8-10-19/h14-16,18H,5-13H2,1-4H3. The van der Waals surface area contributed by atoms with Crippen LogP contribution in [-0.2, 0) is 4.74 Å². The Bertz CT molecular complexity index is 291. The lowest BCUT2D eigenvalue weighted by Gasteiger charge is -2.54. The molecule has 0 radical (unpaired) electrons. The van der Waals surface area contributed by atoms with Gasteiger partial charge in [-0.25, -0.2) is 0 Å². The Morgan fingerprint density at radius 1 is 1.30 bits per heavy atom. The molecule has 1 N–H and O–H groups in total.